The first-order valence-electron chi connectivity index (χ1n) is 5.78. The molecule has 1 amide bonds. The average Bonchev–Trinajstić information content (AvgIpc) is 2.72. The lowest BCUT2D eigenvalue weighted by molar-refractivity contribution is 0.0954. The molecule has 1 heterocycles. The second-order valence-corrected chi connectivity index (χ2v) is 4.42. The molecule has 0 aromatic carbocycles. The van der Waals surface area contributed by atoms with Crippen LogP contribution in [0, 0.1) is 11.8 Å². The van der Waals surface area contributed by atoms with E-state index in [2.05, 4.69) is 27.7 Å². The third-order valence-electron chi connectivity index (χ3n) is 3.41. The lowest BCUT2D eigenvalue weighted by atomic mass is 9.74. The second-order valence-electron chi connectivity index (χ2n) is 4.42. The Bertz CT molecular complexity index is 493. The molecule has 2 aliphatic rings. The number of carbonyl (C=O) groups excluding carboxylic acids is 1. The molecule has 2 aliphatic carbocycles. The van der Waals surface area contributed by atoms with Crippen LogP contribution in [0.25, 0.3) is 0 Å². The van der Waals surface area contributed by atoms with E-state index < -0.39 is 0 Å². The molecule has 0 radical (unpaired) electrons. The van der Waals surface area contributed by atoms with Crippen molar-refractivity contribution in [1.82, 2.24) is 10.4 Å². The van der Waals surface area contributed by atoms with E-state index in [-0.39, 0.29) is 5.91 Å². The number of pyridine rings is 1. The summed E-state index contributed by atoms with van der Waals surface area (Å²) >= 11 is 0. The molecule has 1 fully saturated rings. The lowest BCUT2D eigenvalue weighted by Gasteiger charge is -2.31. The number of amides is 1. The summed E-state index contributed by atoms with van der Waals surface area (Å²) in [5.41, 5.74) is 4.31. The molecule has 4 heteroatoms. The van der Waals surface area contributed by atoms with Crippen molar-refractivity contribution in [2.75, 3.05) is 0 Å². The minimum Gasteiger partial charge on any atom is -0.267 e. The summed E-state index contributed by atoms with van der Waals surface area (Å²) in [5.74, 6) is 1.02. The average molecular weight is 227 g/mol. The molecule has 3 rings (SSSR count). The van der Waals surface area contributed by atoms with Gasteiger partial charge in [0.2, 0.25) is 0 Å². The number of hydrogen-bond donors (Lipinski definition) is 1. The van der Waals surface area contributed by atoms with Gasteiger partial charge in [-0.15, -0.1) is 0 Å². The van der Waals surface area contributed by atoms with Crippen molar-refractivity contribution in [2.45, 2.75) is 12.8 Å². The number of nitrogens with zero attached hydrogens (tertiary/aromatic N) is 2. The number of nitrogens with one attached hydrogen (secondary N) is 1. The first kappa shape index (κ1) is 10.2. The van der Waals surface area contributed by atoms with Crippen molar-refractivity contribution in [2.24, 2.45) is 16.9 Å². The molecule has 0 unspecified atom stereocenters. The normalized spacial score (nSPS) is 27.6. The van der Waals surface area contributed by atoms with Gasteiger partial charge < -0.3 is 0 Å². The Hall–Kier alpha value is -1.97. The highest BCUT2D eigenvalue weighted by atomic mass is 16.2. The first-order chi connectivity index (χ1) is 8.34. The van der Waals surface area contributed by atoms with Crippen LogP contribution >= 0.6 is 0 Å². The number of rotatable bonds is 2. The summed E-state index contributed by atoms with van der Waals surface area (Å²) in [4.78, 5) is 15.6. The zero-order valence-corrected chi connectivity index (χ0v) is 9.34. The van der Waals surface area contributed by atoms with Gasteiger partial charge in [0.1, 0.15) is 0 Å². The molecule has 86 valence electrons. The van der Waals surface area contributed by atoms with Gasteiger partial charge in [-0.25, -0.2) is 5.43 Å². The maximum absolute atomic E-state index is 11.7. The molecule has 1 aromatic heterocycles. The number of aromatic nitrogens is 1. The quantitative estimate of drug-likeness (QED) is 0.618. The van der Waals surface area contributed by atoms with Crippen molar-refractivity contribution in [3.8, 4) is 0 Å². The summed E-state index contributed by atoms with van der Waals surface area (Å²) in [6.45, 7) is 0. The third kappa shape index (κ3) is 1.86. The number of hydrogen-bond acceptors (Lipinski definition) is 3. The summed E-state index contributed by atoms with van der Waals surface area (Å²) in [7, 11) is 0. The standard InChI is InChI=1S/C13H13N3O/c17-13(9-4-6-14-7-5-9)16-15-12-8-10-2-1-3-11(10)12/h1-2,4-7,10-11H,3,8H2,(H,16,17)/b15-12+/t10-,11-/m1/s1. The zero-order chi connectivity index (χ0) is 11.7. The molecule has 1 saturated carbocycles. The number of carbonyl (C=O) groups is 1. The van der Waals surface area contributed by atoms with Gasteiger partial charge in [-0.2, -0.15) is 5.10 Å². The highest BCUT2D eigenvalue weighted by Gasteiger charge is 2.37. The van der Waals surface area contributed by atoms with E-state index in [4.69, 9.17) is 0 Å². The van der Waals surface area contributed by atoms with Crippen molar-refractivity contribution >= 4 is 11.6 Å². The van der Waals surface area contributed by atoms with Gasteiger partial charge in [0.25, 0.3) is 5.91 Å². The number of allylic oxidation sites excluding steroid dienone is 2. The molecular weight excluding hydrogens is 214 g/mol. The van der Waals surface area contributed by atoms with E-state index in [1.165, 1.54) is 0 Å². The first-order valence-corrected chi connectivity index (χ1v) is 5.78. The van der Waals surface area contributed by atoms with Crippen molar-refractivity contribution < 1.29 is 4.79 Å². The SMILES string of the molecule is O=C(N/N=C1\C[C@H]2C=CC[C@@H]12)c1ccncc1. The van der Waals surface area contributed by atoms with E-state index in [0.29, 0.717) is 17.4 Å². The Kier molecular flexibility index (Phi) is 2.48. The summed E-state index contributed by atoms with van der Waals surface area (Å²) in [6, 6.07) is 3.35. The van der Waals surface area contributed by atoms with Crippen LogP contribution in [0.5, 0.6) is 0 Å². The zero-order valence-electron chi connectivity index (χ0n) is 9.34. The van der Waals surface area contributed by atoms with E-state index in [9.17, 15) is 4.79 Å². The monoisotopic (exact) mass is 227 g/mol. The van der Waals surface area contributed by atoms with Crippen LogP contribution in [0.4, 0.5) is 0 Å². The lowest BCUT2D eigenvalue weighted by Crippen LogP contribution is -2.35. The van der Waals surface area contributed by atoms with Gasteiger partial charge in [0.15, 0.2) is 0 Å². The second kappa shape index (κ2) is 4.13. The molecule has 4 nitrogen and oxygen atoms in total. The van der Waals surface area contributed by atoms with Gasteiger partial charge >= 0.3 is 0 Å². The van der Waals surface area contributed by atoms with E-state index in [1.807, 2.05) is 0 Å². The van der Waals surface area contributed by atoms with E-state index in [1.54, 1.807) is 24.5 Å². The largest absolute Gasteiger partial charge is 0.271 e. The van der Waals surface area contributed by atoms with Gasteiger partial charge in [-0.3, -0.25) is 9.78 Å². The van der Waals surface area contributed by atoms with Gasteiger partial charge in [0.05, 0.1) is 0 Å². The fourth-order valence-corrected chi connectivity index (χ4v) is 2.35. The summed E-state index contributed by atoms with van der Waals surface area (Å²) in [6.07, 6.45) is 9.69. The predicted octanol–water partition coefficient (Wildman–Crippen LogP) is 1.76. The van der Waals surface area contributed by atoms with Gasteiger partial charge in [-0.1, -0.05) is 12.2 Å². The third-order valence-corrected chi connectivity index (χ3v) is 3.41. The maximum Gasteiger partial charge on any atom is 0.271 e. The minimum atomic E-state index is -0.172. The molecular formula is C13H13N3O. The molecule has 0 bridgehead atoms. The van der Waals surface area contributed by atoms with Crippen molar-refractivity contribution in [3.63, 3.8) is 0 Å². The van der Waals surface area contributed by atoms with E-state index in [0.717, 1.165) is 18.6 Å². The van der Waals surface area contributed by atoms with Crippen LogP contribution in [0.3, 0.4) is 0 Å². The Morgan fingerprint density at radius 3 is 3.00 bits per heavy atom. The summed E-state index contributed by atoms with van der Waals surface area (Å²) in [5, 5.41) is 4.21. The predicted molar refractivity (Wildman–Crippen MR) is 64.5 cm³/mol. The van der Waals surface area contributed by atoms with Crippen molar-refractivity contribution in [1.29, 1.82) is 0 Å². The van der Waals surface area contributed by atoms with Crippen LogP contribution in [0.2, 0.25) is 0 Å². The van der Waals surface area contributed by atoms with Crippen LogP contribution in [0.1, 0.15) is 23.2 Å². The fraction of sp³-hybridized carbons (Fsp3) is 0.308. The van der Waals surface area contributed by atoms with Crippen LogP contribution in [-0.4, -0.2) is 16.6 Å². The molecule has 0 saturated heterocycles. The molecule has 17 heavy (non-hydrogen) atoms. The molecule has 1 aromatic rings. The molecule has 0 aliphatic heterocycles. The number of hydrazone groups is 1. The number of fused-ring (bicyclic) bond motifs is 1. The van der Waals surface area contributed by atoms with Crippen LogP contribution < -0.4 is 5.43 Å². The molecule has 0 spiro atoms. The smallest absolute Gasteiger partial charge is 0.267 e. The Balaban J connectivity index is 1.62. The minimum absolute atomic E-state index is 0.172. The molecule has 1 N–H and O–H groups in total. The van der Waals surface area contributed by atoms with Crippen molar-refractivity contribution in [3.05, 3.63) is 42.2 Å². The highest BCUT2D eigenvalue weighted by molar-refractivity contribution is 5.97. The van der Waals surface area contributed by atoms with Gasteiger partial charge in [-0.05, 0) is 30.9 Å². The van der Waals surface area contributed by atoms with Crippen LogP contribution in [0.15, 0.2) is 41.8 Å². The maximum atomic E-state index is 11.7. The highest BCUT2D eigenvalue weighted by Crippen LogP contribution is 2.39. The topological polar surface area (TPSA) is 54.4 Å². The van der Waals surface area contributed by atoms with E-state index >= 15 is 0 Å². The summed E-state index contributed by atoms with van der Waals surface area (Å²) < 4.78 is 0. The Morgan fingerprint density at radius 2 is 2.24 bits per heavy atom. The Morgan fingerprint density at radius 1 is 1.41 bits per heavy atom. The van der Waals surface area contributed by atoms with Crippen LogP contribution in [-0.2, 0) is 0 Å². The Labute approximate surface area is 99.4 Å². The fourth-order valence-electron chi connectivity index (χ4n) is 2.35. The van der Waals surface area contributed by atoms with Gasteiger partial charge in [0, 0.05) is 29.6 Å². The molecule has 2 atom stereocenters.